The highest BCUT2D eigenvalue weighted by molar-refractivity contribution is 5.90. The summed E-state index contributed by atoms with van der Waals surface area (Å²) in [6.45, 7) is 3.73. The molecule has 78 valence electrons. The number of pyridine rings is 1. The van der Waals surface area contributed by atoms with Crippen LogP contribution in [0.1, 0.15) is 21.9 Å². The molecule has 5 heteroatoms. The van der Waals surface area contributed by atoms with E-state index in [1.807, 2.05) is 13.8 Å². The third-order valence-corrected chi connectivity index (χ3v) is 2.16. The van der Waals surface area contributed by atoms with Crippen molar-refractivity contribution in [2.45, 2.75) is 13.8 Å². The fourth-order valence-electron chi connectivity index (χ4n) is 1.47. The van der Waals surface area contributed by atoms with Crippen molar-refractivity contribution in [1.29, 1.82) is 0 Å². The number of imidazole rings is 1. The maximum Gasteiger partial charge on any atom is 0.356 e. The molecule has 0 radical (unpaired) electrons. The zero-order valence-corrected chi connectivity index (χ0v) is 8.79. The summed E-state index contributed by atoms with van der Waals surface area (Å²) in [5.74, 6) is 0.342. The first-order valence-electron chi connectivity index (χ1n) is 4.54. The number of nitrogens with zero attached hydrogens (tertiary/aromatic N) is 2. The van der Waals surface area contributed by atoms with Crippen molar-refractivity contribution in [3.05, 3.63) is 23.1 Å². The van der Waals surface area contributed by atoms with Crippen molar-refractivity contribution in [2.24, 2.45) is 0 Å². The van der Waals surface area contributed by atoms with E-state index in [9.17, 15) is 4.79 Å². The summed E-state index contributed by atoms with van der Waals surface area (Å²) in [5, 5.41) is 0. The first-order chi connectivity index (χ1) is 7.11. The molecule has 0 unspecified atom stereocenters. The molecule has 0 aliphatic heterocycles. The Balaban J connectivity index is 2.66. The van der Waals surface area contributed by atoms with Crippen LogP contribution in [0.3, 0.4) is 0 Å². The SMILES string of the molecule is COC(=O)c1cc(C)c2nc(C)[nH]c2n1. The molecule has 0 bridgehead atoms. The van der Waals surface area contributed by atoms with Crippen molar-refractivity contribution in [1.82, 2.24) is 15.0 Å². The largest absolute Gasteiger partial charge is 0.464 e. The van der Waals surface area contributed by atoms with E-state index < -0.39 is 5.97 Å². The van der Waals surface area contributed by atoms with Crippen molar-refractivity contribution in [3.63, 3.8) is 0 Å². The first-order valence-corrected chi connectivity index (χ1v) is 4.54. The fraction of sp³-hybridized carbons (Fsp3) is 0.300. The first kappa shape index (κ1) is 9.64. The molecule has 0 atom stereocenters. The minimum absolute atomic E-state index is 0.297. The smallest absolute Gasteiger partial charge is 0.356 e. The third kappa shape index (κ3) is 1.56. The Morgan fingerprint density at radius 1 is 1.40 bits per heavy atom. The second kappa shape index (κ2) is 3.34. The predicted octanol–water partition coefficient (Wildman–Crippen LogP) is 1.36. The number of hydrogen-bond donors (Lipinski definition) is 1. The number of aromatic nitrogens is 3. The number of fused-ring (bicyclic) bond motifs is 1. The highest BCUT2D eigenvalue weighted by Gasteiger charge is 2.12. The quantitative estimate of drug-likeness (QED) is 0.714. The van der Waals surface area contributed by atoms with Gasteiger partial charge in [-0.25, -0.2) is 14.8 Å². The zero-order valence-electron chi connectivity index (χ0n) is 8.79. The molecule has 1 N–H and O–H groups in total. The molecule has 2 aromatic rings. The Morgan fingerprint density at radius 2 is 2.13 bits per heavy atom. The lowest BCUT2D eigenvalue weighted by molar-refractivity contribution is 0.0594. The Hall–Kier alpha value is -1.91. The molecule has 0 fully saturated rings. The standard InChI is InChI=1S/C10H11N3O2/c1-5-4-7(10(14)15-3)13-9-8(5)11-6(2)12-9/h4H,1-3H3,(H,11,12,13). The second-order valence-electron chi connectivity index (χ2n) is 3.34. The van der Waals surface area contributed by atoms with Crippen LogP contribution in [0.25, 0.3) is 11.2 Å². The van der Waals surface area contributed by atoms with Gasteiger partial charge in [-0.1, -0.05) is 0 Å². The van der Waals surface area contributed by atoms with Crippen LogP contribution in [0.2, 0.25) is 0 Å². The molecule has 2 aromatic heterocycles. The number of esters is 1. The minimum Gasteiger partial charge on any atom is -0.464 e. The van der Waals surface area contributed by atoms with Gasteiger partial charge in [0.15, 0.2) is 11.3 Å². The molecule has 0 saturated heterocycles. The number of ether oxygens (including phenoxy) is 1. The number of rotatable bonds is 1. The lowest BCUT2D eigenvalue weighted by Gasteiger charge is -1.99. The summed E-state index contributed by atoms with van der Waals surface area (Å²) in [6.07, 6.45) is 0. The Bertz CT molecular complexity index is 531. The predicted molar refractivity (Wildman–Crippen MR) is 54.7 cm³/mol. The maximum atomic E-state index is 11.3. The summed E-state index contributed by atoms with van der Waals surface area (Å²) in [4.78, 5) is 22.7. The van der Waals surface area contributed by atoms with Crippen LogP contribution in [0.5, 0.6) is 0 Å². The van der Waals surface area contributed by atoms with E-state index >= 15 is 0 Å². The number of methoxy groups -OCH3 is 1. The molecular formula is C10H11N3O2. The van der Waals surface area contributed by atoms with Crippen molar-refractivity contribution < 1.29 is 9.53 Å². The molecule has 0 spiro atoms. The van der Waals surface area contributed by atoms with Crippen molar-refractivity contribution >= 4 is 17.1 Å². The average Bonchev–Trinajstić information content (AvgIpc) is 2.58. The van der Waals surface area contributed by atoms with Crippen molar-refractivity contribution in [2.75, 3.05) is 7.11 Å². The van der Waals surface area contributed by atoms with Gasteiger partial charge in [-0.15, -0.1) is 0 Å². The summed E-state index contributed by atoms with van der Waals surface area (Å²) in [6, 6.07) is 1.68. The fourth-order valence-corrected chi connectivity index (χ4v) is 1.47. The van der Waals surface area contributed by atoms with Crippen LogP contribution < -0.4 is 0 Å². The Morgan fingerprint density at radius 3 is 2.80 bits per heavy atom. The van der Waals surface area contributed by atoms with Crippen LogP contribution in [0.4, 0.5) is 0 Å². The second-order valence-corrected chi connectivity index (χ2v) is 3.34. The zero-order chi connectivity index (χ0) is 11.0. The van der Waals surface area contributed by atoms with E-state index in [1.54, 1.807) is 6.07 Å². The molecule has 0 aliphatic rings. The summed E-state index contributed by atoms with van der Waals surface area (Å²) in [5.41, 5.74) is 2.61. The van der Waals surface area contributed by atoms with Gasteiger partial charge in [0, 0.05) is 0 Å². The van der Waals surface area contributed by atoms with Gasteiger partial charge in [0.1, 0.15) is 11.3 Å². The molecule has 2 heterocycles. The van der Waals surface area contributed by atoms with E-state index in [4.69, 9.17) is 0 Å². The lowest BCUT2D eigenvalue weighted by atomic mass is 10.2. The molecule has 0 amide bonds. The van der Waals surface area contributed by atoms with Gasteiger partial charge in [0.25, 0.3) is 0 Å². The van der Waals surface area contributed by atoms with E-state index in [0.717, 1.165) is 16.9 Å². The molecular weight excluding hydrogens is 194 g/mol. The summed E-state index contributed by atoms with van der Waals surface area (Å²) < 4.78 is 4.61. The van der Waals surface area contributed by atoms with Crippen LogP contribution in [-0.2, 0) is 4.74 Å². The number of H-pyrrole nitrogens is 1. The number of nitrogens with one attached hydrogen (secondary N) is 1. The lowest BCUT2D eigenvalue weighted by Crippen LogP contribution is -2.04. The molecule has 15 heavy (non-hydrogen) atoms. The van der Waals surface area contributed by atoms with Gasteiger partial charge in [0.05, 0.1) is 7.11 Å². The summed E-state index contributed by atoms with van der Waals surface area (Å²) in [7, 11) is 1.34. The van der Waals surface area contributed by atoms with Gasteiger partial charge in [0.2, 0.25) is 0 Å². The third-order valence-electron chi connectivity index (χ3n) is 2.16. The topological polar surface area (TPSA) is 67.9 Å². The van der Waals surface area contributed by atoms with Crippen molar-refractivity contribution in [3.8, 4) is 0 Å². The maximum absolute atomic E-state index is 11.3. The van der Waals surface area contributed by atoms with Gasteiger partial charge in [-0.2, -0.15) is 0 Å². The van der Waals surface area contributed by atoms with Crippen LogP contribution >= 0.6 is 0 Å². The molecule has 0 saturated carbocycles. The summed E-state index contributed by atoms with van der Waals surface area (Å²) >= 11 is 0. The van der Waals surface area contributed by atoms with E-state index in [-0.39, 0.29) is 0 Å². The highest BCUT2D eigenvalue weighted by Crippen LogP contribution is 2.15. The number of carbonyl (C=O) groups excluding carboxylic acids is 1. The van der Waals surface area contributed by atoms with Gasteiger partial charge in [-0.05, 0) is 25.5 Å². The van der Waals surface area contributed by atoms with E-state index in [2.05, 4.69) is 19.7 Å². The number of carbonyl (C=O) groups is 1. The van der Waals surface area contributed by atoms with Crippen LogP contribution in [-0.4, -0.2) is 28.0 Å². The highest BCUT2D eigenvalue weighted by atomic mass is 16.5. The number of aryl methyl sites for hydroxylation is 2. The monoisotopic (exact) mass is 205 g/mol. The number of aromatic amines is 1. The molecule has 0 aliphatic carbocycles. The molecule has 2 rings (SSSR count). The van der Waals surface area contributed by atoms with Crippen LogP contribution in [0.15, 0.2) is 6.07 Å². The normalized spacial score (nSPS) is 10.6. The number of hydrogen-bond acceptors (Lipinski definition) is 4. The minimum atomic E-state index is -0.438. The van der Waals surface area contributed by atoms with E-state index in [0.29, 0.717) is 11.3 Å². The van der Waals surface area contributed by atoms with Gasteiger partial charge in [-0.3, -0.25) is 0 Å². The van der Waals surface area contributed by atoms with Gasteiger partial charge < -0.3 is 9.72 Å². The Kier molecular flexibility index (Phi) is 2.15. The van der Waals surface area contributed by atoms with Crippen LogP contribution in [0, 0.1) is 13.8 Å². The van der Waals surface area contributed by atoms with E-state index in [1.165, 1.54) is 7.11 Å². The Labute approximate surface area is 86.5 Å². The molecule has 5 nitrogen and oxygen atoms in total. The molecule has 0 aromatic carbocycles. The average molecular weight is 205 g/mol. The van der Waals surface area contributed by atoms with Gasteiger partial charge >= 0.3 is 5.97 Å².